The number of anilines is 1. The van der Waals surface area contributed by atoms with Crippen molar-refractivity contribution < 1.29 is 14.7 Å². The molecule has 0 radical (unpaired) electrons. The monoisotopic (exact) mass is 221 g/mol. The van der Waals surface area contributed by atoms with E-state index in [0.29, 0.717) is 12.1 Å². The van der Waals surface area contributed by atoms with Gasteiger partial charge in [0.25, 0.3) is 5.91 Å². The highest BCUT2D eigenvalue weighted by Gasteiger charge is 2.40. The zero-order chi connectivity index (χ0) is 11.8. The quantitative estimate of drug-likeness (QED) is 0.833. The summed E-state index contributed by atoms with van der Waals surface area (Å²) in [7, 11) is 0. The average Bonchev–Trinajstić information content (AvgIpc) is 2.57. The summed E-state index contributed by atoms with van der Waals surface area (Å²) >= 11 is 0. The smallest absolute Gasteiger partial charge is 0.253 e. The fraction of sp³-hybridized carbons (Fsp3) is 0.417. The van der Waals surface area contributed by atoms with Gasteiger partial charge in [0.15, 0.2) is 0 Å². The summed E-state index contributed by atoms with van der Waals surface area (Å²) in [6, 6.07) is 6.39. The van der Waals surface area contributed by atoms with Crippen molar-refractivity contribution in [3.05, 3.63) is 24.3 Å². The van der Waals surface area contributed by atoms with Gasteiger partial charge in [0.1, 0.15) is 11.4 Å². The average molecular weight is 221 g/mol. The van der Waals surface area contributed by atoms with Crippen LogP contribution in [0.5, 0.6) is 5.75 Å². The highest BCUT2D eigenvalue weighted by atomic mass is 16.7. The van der Waals surface area contributed by atoms with Gasteiger partial charge in [-0.05, 0) is 37.6 Å². The largest absolute Gasteiger partial charge is 0.508 e. The van der Waals surface area contributed by atoms with Crippen LogP contribution in [-0.4, -0.2) is 16.6 Å². The van der Waals surface area contributed by atoms with Crippen LogP contribution >= 0.6 is 0 Å². The molecule has 1 fully saturated rings. The molecule has 0 saturated carbocycles. The molecule has 1 aliphatic rings. The molecule has 1 aliphatic heterocycles. The number of hydrogen-bond acceptors (Lipinski definition) is 3. The predicted molar refractivity (Wildman–Crippen MR) is 60.0 cm³/mol. The third-order valence-corrected chi connectivity index (χ3v) is 2.90. The molecule has 1 saturated heterocycles. The molecule has 1 amide bonds. The minimum absolute atomic E-state index is 0.0463. The molecule has 86 valence electrons. The maximum atomic E-state index is 11.8. The van der Waals surface area contributed by atoms with Gasteiger partial charge in [-0.1, -0.05) is 6.92 Å². The Bertz CT molecular complexity index is 401. The van der Waals surface area contributed by atoms with Crippen LogP contribution in [0.4, 0.5) is 5.69 Å². The van der Waals surface area contributed by atoms with Crippen molar-refractivity contribution in [2.45, 2.75) is 32.3 Å². The number of amides is 1. The minimum Gasteiger partial charge on any atom is -0.508 e. The van der Waals surface area contributed by atoms with Gasteiger partial charge >= 0.3 is 0 Å². The molecule has 4 heteroatoms. The highest BCUT2D eigenvalue weighted by molar-refractivity contribution is 5.93. The van der Waals surface area contributed by atoms with Crippen molar-refractivity contribution in [2.24, 2.45) is 0 Å². The lowest BCUT2D eigenvalue weighted by Crippen LogP contribution is -2.27. The number of carbonyl (C=O) groups excluding carboxylic acids is 1. The van der Waals surface area contributed by atoms with Crippen LogP contribution in [0, 0.1) is 0 Å². The summed E-state index contributed by atoms with van der Waals surface area (Å²) in [5.41, 5.74) is 0.245. The van der Waals surface area contributed by atoms with Gasteiger partial charge in [-0.2, -0.15) is 5.06 Å². The lowest BCUT2D eigenvalue weighted by Gasteiger charge is -2.22. The fourth-order valence-electron chi connectivity index (χ4n) is 1.67. The van der Waals surface area contributed by atoms with Crippen LogP contribution in [0.2, 0.25) is 0 Å². The number of nitrogens with zero attached hydrogens (tertiary/aromatic N) is 1. The second-order valence-electron chi connectivity index (χ2n) is 4.28. The first kappa shape index (κ1) is 11.0. The first-order valence-corrected chi connectivity index (χ1v) is 5.35. The minimum atomic E-state index is -0.408. The number of benzene rings is 1. The predicted octanol–water partition coefficient (Wildman–Crippen LogP) is 2.23. The highest BCUT2D eigenvalue weighted by Crippen LogP contribution is 2.33. The third kappa shape index (κ3) is 1.88. The third-order valence-electron chi connectivity index (χ3n) is 2.90. The van der Waals surface area contributed by atoms with E-state index in [-0.39, 0.29) is 11.7 Å². The Hall–Kier alpha value is -1.55. The topological polar surface area (TPSA) is 49.8 Å². The van der Waals surface area contributed by atoms with E-state index < -0.39 is 5.60 Å². The molecule has 1 heterocycles. The number of hydrogen-bond donors (Lipinski definition) is 1. The molecule has 1 aromatic rings. The van der Waals surface area contributed by atoms with Gasteiger partial charge in [-0.25, -0.2) is 0 Å². The normalized spacial score (nSPS) is 25.1. The summed E-state index contributed by atoms with van der Waals surface area (Å²) in [6.45, 7) is 3.92. The Balaban J connectivity index is 2.23. The van der Waals surface area contributed by atoms with Gasteiger partial charge in [0, 0.05) is 0 Å². The summed E-state index contributed by atoms with van der Waals surface area (Å²) in [5, 5.41) is 10.5. The summed E-state index contributed by atoms with van der Waals surface area (Å²) in [5.74, 6) is 0.128. The number of carbonyl (C=O) groups is 1. The van der Waals surface area contributed by atoms with Crippen LogP contribution in [0.3, 0.4) is 0 Å². The van der Waals surface area contributed by atoms with Crippen LogP contribution < -0.4 is 5.06 Å². The first-order valence-electron chi connectivity index (χ1n) is 5.35. The number of hydroxylamine groups is 1. The Morgan fingerprint density at radius 2 is 2.06 bits per heavy atom. The van der Waals surface area contributed by atoms with E-state index in [4.69, 9.17) is 9.94 Å². The van der Waals surface area contributed by atoms with Crippen LogP contribution in [-0.2, 0) is 9.63 Å². The molecule has 1 N–H and O–H groups in total. The number of rotatable bonds is 2. The lowest BCUT2D eigenvalue weighted by atomic mass is 10.0. The Morgan fingerprint density at radius 1 is 1.44 bits per heavy atom. The van der Waals surface area contributed by atoms with Gasteiger partial charge in [-0.3, -0.25) is 9.63 Å². The second kappa shape index (κ2) is 3.79. The van der Waals surface area contributed by atoms with Crippen molar-refractivity contribution in [2.75, 3.05) is 5.06 Å². The molecule has 0 bridgehead atoms. The van der Waals surface area contributed by atoms with E-state index in [2.05, 4.69) is 0 Å². The van der Waals surface area contributed by atoms with Crippen LogP contribution in [0.25, 0.3) is 0 Å². The molecule has 0 aromatic heterocycles. The van der Waals surface area contributed by atoms with Gasteiger partial charge < -0.3 is 5.11 Å². The second-order valence-corrected chi connectivity index (χ2v) is 4.28. The van der Waals surface area contributed by atoms with E-state index in [1.807, 2.05) is 13.8 Å². The Kier molecular flexibility index (Phi) is 2.59. The molecule has 4 nitrogen and oxygen atoms in total. The van der Waals surface area contributed by atoms with E-state index in [0.717, 1.165) is 6.42 Å². The molecule has 2 rings (SSSR count). The molecule has 0 spiro atoms. The van der Waals surface area contributed by atoms with E-state index in [1.165, 1.54) is 17.2 Å². The Morgan fingerprint density at radius 3 is 2.56 bits per heavy atom. The molecule has 1 aromatic carbocycles. The number of phenolic OH excluding ortho intramolecular Hbond substituents is 1. The van der Waals surface area contributed by atoms with Gasteiger partial charge in [0.05, 0.1) is 12.1 Å². The summed E-state index contributed by atoms with van der Waals surface area (Å²) in [6.07, 6.45) is 1.18. The molecule has 16 heavy (non-hydrogen) atoms. The zero-order valence-corrected chi connectivity index (χ0v) is 9.43. The first-order chi connectivity index (χ1) is 7.54. The van der Waals surface area contributed by atoms with Crippen LogP contribution in [0.1, 0.15) is 26.7 Å². The maximum absolute atomic E-state index is 11.8. The SMILES string of the molecule is CCC1(C)CC(=O)N(c2ccc(O)cc2)O1. The summed E-state index contributed by atoms with van der Waals surface area (Å²) in [4.78, 5) is 17.4. The van der Waals surface area contributed by atoms with Gasteiger partial charge in [0.2, 0.25) is 0 Å². The molecule has 0 aliphatic carbocycles. The van der Waals surface area contributed by atoms with E-state index >= 15 is 0 Å². The molecular formula is C12H15NO3. The van der Waals surface area contributed by atoms with Crippen molar-refractivity contribution >= 4 is 11.6 Å². The van der Waals surface area contributed by atoms with E-state index in [9.17, 15) is 4.79 Å². The standard InChI is InChI=1S/C12H15NO3/c1-3-12(2)8-11(15)13(16-12)9-4-6-10(14)7-5-9/h4-7,14H,3,8H2,1-2H3. The zero-order valence-electron chi connectivity index (χ0n) is 9.43. The fourth-order valence-corrected chi connectivity index (χ4v) is 1.67. The van der Waals surface area contributed by atoms with Gasteiger partial charge in [-0.15, -0.1) is 0 Å². The number of phenols is 1. The Labute approximate surface area is 94.4 Å². The van der Waals surface area contributed by atoms with Crippen LogP contribution in [0.15, 0.2) is 24.3 Å². The molecular weight excluding hydrogens is 206 g/mol. The molecule has 1 atom stereocenters. The van der Waals surface area contributed by atoms with Crippen molar-refractivity contribution in [3.63, 3.8) is 0 Å². The van der Waals surface area contributed by atoms with Crippen molar-refractivity contribution in [1.82, 2.24) is 0 Å². The van der Waals surface area contributed by atoms with Crippen molar-refractivity contribution in [1.29, 1.82) is 0 Å². The molecule has 1 unspecified atom stereocenters. The summed E-state index contributed by atoms with van der Waals surface area (Å²) < 4.78 is 0. The maximum Gasteiger partial charge on any atom is 0.253 e. The lowest BCUT2D eigenvalue weighted by molar-refractivity contribution is -0.119. The van der Waals surface area contributed by atoms with Crippen molar-refractivity contribution in [3.8, 4) is 5.75 Å². The van der Waals surface area contributed by atoms with E-state index in [1.54, 1.807) is 12.1 Å². The number of aromatic hydroxyl groups is 1.